The van der Waals surface area contributed by atoms with E-state index in [1.165, 1.54) is 12.1 Å². The average Bonchev–Trinajstić information content (AvgIpc) is 2.85. The van der Waals surface area contributed by atoms with Crippen molar-refractivity contribution in [3.63, 3.8) is 0 Å². The van der Waals surface area contributed by atoms with Crippen molar-refractivity contribution in [1.82, 2.24) is 0 Å². The van der Waals surface area contributed by atoms with Crippen LogP contribution in [0.1, 0.15) is 34.1 Å². The number of nitrogens with one attached hydrogen (secondary N) is 1. The van der Waals surface area contributed by atoms with Crippen LogP contribution in [0.3, 0.4) is 0 Å². The number of nitrogens with zero attached hydrogens (tertiary/aromatic N) is 3. The van der Waals surface area contributed by atoms with Gasteiger partial charge in [-0.25, -0.2) is 9.59 Å². The first kappa shape index (κ1) is 27.6. The minimum Gasteiger partial charge on any atom is -0.454 e. The third kappa shape index (κ3) is 7.25. The summed E-state index contributed by atoms with van der Waals surface area (Å²) in [6.45, 7) is 1.39. The van der Waals surface area contributed by atoms with E-state index in [2.05, 4.69) is 10.0 Å². The van der Waals surface area contributed by atoms with Crippen LogP contribution in [-0.4, -0.2) is 52.3 Å². The molecular formula is C23H21Cl3N4O6. The monoisotopic (exact) mass is 554 g/mol. The largest absolute Gasteiger partial charge is 0.454 e. The molecule has 0 bridgehead atoms. The minimum atomic E-state index is -2.26. The van der Waals surface area contributed by atoms with Gasteiger partial charge in [0, 0.05) is 11.3 Å². The first-order chi connectivity index (χ1) is 17.0. The van der Waals surface area contributed by atoms with E-state index in [-0.39, 0.29) is 24.1 Å². The Morgan fingerprint density at radius 1 is 1.06 bits per heavy atom. The number of hydrogen-bond donors (Lipinski definition) is 1. The Morgan fingerprint density at radius 3 is 2.08 bits per heavy atom. The van der Waals surface area contributed by atoms with E-state index in [0.717, 1.165) is 0 Å². The number of esters is 2. The quantitative estimate of drug-likeness (QED) is 0.0893. The SMILES string of the molecule is CC1(CN=[N+]=[N-])CC(OC(=O)c2ccccc2)C(OC(=O)c2ccccc2)[C@@H](OC(=N)C(Cl)(Cl)Cl)O1. The molecule has 0 aromatic heterocycles. The van der Waals surface area contributed by atoms with Gasteiger partial charge < -0.3 is 18.9 Å². The molecule has 0 saturated carbocycles. The number of alkyl halides is 3. The number of benzene rings is 2. The maximum atomic E-state index is 12.9. The lowest BCUT2D eigenvalue weighted by molar-refractivity contribution is -0.268. The Balaban J connectivity index is 1.98. The second-order valence-corrected chi connectivity index (χ2v) is 10.3. The van der Waals surface area contributed by atoms with Gasteiger partial charge in [-0.3, -0.25) is 5.41 Å². The van der Waals surface area contributed by atoms with Crippen LogP contribution in [0.4, 0.5) is 0 Å². The zero-order valence-electron chi connectivity index (χ0n) is 18.8. The Hall–Kier alpha value is -3.01. The number of halogens is 3. The first-order valence-corrected chi connectivity index (χ1v) is 11.7. The van der Waals surface area contributed by atoms with Crippen LogP contribution in [0, 0.1) is 5.41 Å². The second-order valence-electron chi connectivity index (χ2n) is 8.02. The summed E-state index contributed by atoms with van der Waals surface area (Å²) in [5.74, 6) is -2.29. The summed E-state index contributed by atoms with van der Waals surface area (Å²) in [4.78, 5) is 28.5. The molecule has 1 fully saturated rings. The molecule has 3 rings (SSSR count). The third-order valence-electron chi connectivity index (χ3n) is 5.15. The zero-order chi connectivity index (χ0) is 26.3. The predicted molar refractivity (Wildman–Crippen MR) is 132 cm³/mol. The summed E-state index contributed by atoms with van der Waals surface area (Å²) in [6.07, 6.45) is -4.12. The van der Waals surface area contributed by atoms with E-state index in [4.69, 9.17) is 64.7 Å². The van der Waals surface area contributed by atoms with E-state index in [1.807, 2.05) is 0 Å². The molecule has 3 unspecified atom stereocenters. The standard InChI is InChI=1S/C23H21Cl3N4O6/c1-22(13-29-30-28)12-16(33-18(31)14-8-4-2-5-9-14)17(20(36-22)35-21(27)23(24,25)26)34-19(32)15-10-6-3-7-11-15/h2-11,16-17,20,27H,12-13H2,1H3/t16?,17?,20-,22?/m0/s1. The molecule has 0 spiro atoms. The second kappa shape index (κ2) is 11.8. The van der Waals surface area contributed by atoms with Gasteiger partial charge in [0.05, 0.1) is 23.3 Å². The first-order valence-electron chi connectivity index (χ1n) is 10.6. The Kier molecular flexibility index (Phi) is 9.05. The fraction of sp³-hybridized carbons (Fsp3) is 0.348. The van der Waals surface area contributed by atoms with Crippen molar-refractivity contribution in [3.05, 3.63) is 82.2 Å². The van der Waals surface area contributed by atoms with Crippen LogP contribution in [-0.2, 0) is 18.9 Å². The average molecular weight is 556 g/mol. The molecule has 4 atom stereocenters. The van der Waals surface area contributed by atoms with Gasteiger partial charge in [-0.2, -0.15) is 0 Å². The summed E-state index contributed by atoms with van der Waals surface area (Å²) >= 11 is 17.3. The van der Waals surface area contributed by atoms with Gasteiger partial charge in [0.15, 0.2) is 0 Å². The summed E-state index contributed by atoms with van der Waals surface area (Å²) in [5, 5.41) is 11.5. The normalized spacial score (nSPS) is 23.6. The van der Waals surface area contributed by atoms with Crippen LogP contribution in [0.5, 0.6) is 0 Å². The molecular weight excluding hydrogens is 535 g/mol. The molecule has 0 amide bonds. The van der Waals surface area contributed by atoms with Gasteiger partial charge in [-0.05, 0) is 36.7 Å². The predicted octanol–water partition coefficient (Wildman–Crippen LogP) is 5.62. The Bertz CT molecular complexity index is 1140. The molecule has 0 radical (unpaired) electrons. The van der Waals surface area contributed by atoms with Crippen molar-refractivity contribution in [3.8, 4) is 0 Å². The summed E-state index contributed by atoms with van der Waals surface area (Å²) in [5.41, 5.74) is 8.03. The van der Waals surface area contributed by atoms with Gasteiger partial charge in [0.25, 0.3) is 3.79 Å². The molecule has 1 saturated heterocycles. The molecule has 2 aromatic carbocycles. The van der Waals surface area contributed by atoms with Crippen LogP contribution in [0.2, 0.25) is 0 Å². The number of azide groups is 1. The summed E-state index contributed by atoms with van der Waals surface area (Å²) in [6, 6.07) is 16.2. The van der Waals surface area contributed by atoms with Crippen LogP contribution >= 0.6 is 34.8 Å². The summed E-state index contributed by atoms with van der Waals surface area (Å²) in [7, 11) is 0. The molecule has 13 heteroatoms. The van der Waals surface area contributed by atoms with E-state index < -0.39 is 45.7 Å². The fourth-order valence-electron chi connectivity index (χ4n) is 3.46. The lowest BCUT2D eigenvalue weighted by Gasteiger charge is -2.45. The van der Waals surface area contributed by atoms with Crippen molar-refractivity contribution in [2.24, 2.45) is 5.11 Å². The van der Waals surface area contributed by atoms with Crippen molar-refractivity contribution in [1.29, 1.82) is 5.41 Å². The number of carbonyl (C=O) groups excluding carboxylic acids is 2. The molecule has 2 aromatic rings. The molecule has 36 heavy (non-hydrogen) atoms. The van der Waals surface area contributed by atoms with E-state index in [0.29, 0.717) is 0 Å². The molecule has 190 valence electrons. The maximum absolute atomic E-state index is 12.9. The highest BCUT2D eigenvalue weighted by Gasteiger charge is 2.51. The molecule has 1 aliphatic heterocycles. The highest BCUT2D eigenvalue weighted by Crippen LogP contribution is 2.37. The summed E-state index contributed by atoms with van der Waals surface area (Å²) < 4.78 is 20.5. The zero-order valence-corrected chi connectivity index (χ0v) is 21.1. The van der Waals surface area contributed by atoms with E-state index >= 15 is 0 Å². The highest BCUT2D eigenvalue weighted by atomic mass is 35.6. The van der Waals surface area contributed by atoms with Gasteiger partial charge >= 0.3 is 11.9 Å². The molecule has 1 N–H and O–H groups in total. The van der Waals surface area contributed by atoms with Crippen LogP contribution in [0.25, 0.3) is 10.4 Å². The van der Waals surface area contributed by atoms with Gasteiger partial charge in [0.2, 0.25) is 18.3 Å². The number of carbonyl (C=O) groups is 2. The smallest absolute Gasteiger partial charge is 0.338 e. The third-order valence-corrected chi connectivity index (χ3v) is 5.66. The van der Waals surface area contributed by atoms with Crippen molar-refractivity contribution >= 4 is 52.6 Å². The van der Waals surface area contributed by atoms with Crippen LogP contribution in [0.15, 0.2) is 65.8 Å². The van der Waals surface area contributed by atoms with Crippen molar-refractivity contribution < 1.29 is 28.5 Å². The van der Waals surface area contributed by atoms with E-state index in [9.17, 15) is 9.59 Å². The lowest BCUT2D eigenvalue weighted by Crippen LogP contribution is -2.59. The van der Waals surface area contributed by atoms with E-state index in [1.54, 1.807) is 55.5 Å². The number of rotatable bonds is 7. The topological polar surface area (TPSA) is 144 Å². The highest BCUT2D eigenvalue weighted by molar-refractivity contribution is 6.76. The molecule has 10 nitrogen and oxygen atoms in total. The van der Waals surface area contributed by atoms with Gasteiger partial charge in [-0.15, -0.1) is 0 Å². The number of ether oxygens (including phenoxy) is 4. The minimum absolute atomic E-state index is 0.0434. The van der Waals surface area contributed by atoms with Gasteiger partial charge in [-0.1, -0.05) is 76.3 Å². The molecule has 0 aliphatic carbocycles. The number of hydrogen-bond acceptors (Lipinski definition) is 8. The Labute approximate surface area is 221 Å². The van der Waals surface area contributed by atoms with Crippen molar-refractivity contribution in [2.45, 2.75) is 41.2 Å². The van der Waals surface area contributed by atoms with Crippen molar-refractivity contribution in [2.75, 3.05) is 6.54 Å². The Morgan fingerprint density at radius 2 is 1.58 bits per heavy atom. The molecule has 1 heterocycles. The van der Waals surface area contributed by atoms with Crippen LogP contribution < -0.4 is 0 Å². The molecule has 1 aliphatic rings. The lowest BCUT2D eigenvalue weighted by atomic mass is 9.91. The fourth-order valence-corrected chi connectivity index (χ4v) is 3.59. The van der Waals surface area contributed by atoms with Gasteiger partial charge in [0.1, 0.15) is 6.10 Å². The maximum Gasteiger partial charge on any atom is 0.338 e.